The number of hydrogen-bond donors (Lipinski definition) is 2. The first-order valence-electron chi connectivity index (χ1n) is 17.8. The maximum atomic E-state index is 11.7. The predicted molar refractivity (Wildman–Crippen MR) is 216 cm³/mol. The van der Waals surface area contributed by atoms with Gasteiger partial charge in [0.2, 0.25) is 0 Å². The summed E-state index contributed by atoms with van der Waals surface area (Å²) in [7, 11) is 0. The molecule has 1 aliphatic carbocycles. The van der Waals surface area contributed by atoms with Crippen molar-refractivity contribution in [2.75, 3.05) is 0 Å². The highest BCUT2D eigenvalue weighted by Crippen LogP contribution is 2.44. The van der Waals surface area contributed by atoms with Gasteiger partial charge in [-0.05, 0) is 70.5 Å². The summed E-state index contributed by atoms with van der Waals surface area (Å²) in [4.78, 5) is 0. The molecule has 0 radical (unpaired) electrons. The minimum Gasteiger partial charge on any atom is -0.507 e. The minimum absolute atomic E-state index is 0.384. The highest BCUT2D eigenvalue weighted by molar-refractivity contribution is 8.03. The van der Waals surface area contributed by atoms with Crippen molar-refractivity contribution in [1.82, 2.24) is 0 Å². The van der Waals surface area contributed by atoms with Crippen LogP contribution in [-0.4, -0.2) is 20.7 Å². The molecule has 6 aromatic carbocycles. The maximum Gasteiger partial charge on any atom is 0.127 e. The van der Waals surface area contributed by atoms with E-state index in [9.17, 15) is 10.2 Å². The van der Waals surface area contributed by atoms with Crippen molar-refractivity contribution in [3.63, 3.8) is 0 Å². The first-order chi connectivity index (χ1) is 24.6. The molecule has 0 heterocycles. The van der Waals surface area contributed by atoms with E-state index in [4.69, 9.17) is 0 Å². The van der Waals surface area contributed by atoms with Crippen molar-refractivity contribution < 1.29 is 10.2 Å². The maximum absolute atomic E-state index is 11.7. The van der Waals surface area contributed by atoms with Crippen LogP contribution in [0.15, 0.2) is 146 Å². The van der Waals surface area contributed by atoms with Crippen LogP contribution < -0.4 is 0 Å². The van der Waals surface area contributed by atoms with Gasteiger partial charge in [-0.1, -0.05) is 147 Å². The van der Waals surface area contributed by atoms with Crippen molar-refractivity contribution in [1.29, 1.82) is 0 Å². The molecule has 1 fully saturated rings. The summed E-state index contributed by atoms with van der Waals surface area (Å²) in [6, 6.07) is 50.1. The number of aromatic hydroxyl groups is 2. The highest BCUT2D eigenvalue weighted by atomic mass is 32.2. The van der Waals surface area contributed by atoms with Gasteiger partial charge < -0.3 is 10.2 Å². The normalized spacial score (nSPS) is 16.4. The van der Waals surface area contributed by atoms with Crippen LogP contribution in [0.5, 0.6) is 11.5 Å². The van der Waals surface area contributed by atoms with Crippen molar-refractivity contribution in [2.45, 2.75) is 60.5 Å². The molecular formula is C46H44O2S2. The van der Waals surface area contributed by atoms with Crippen LogP contribution in [-0.2, 0) is 11.5 Å². The molecule has 1 saturated carbocycles. The Labute approximate surface area is 305 Å². The van der Waals surface area contributed by atoms with Crippen LogP contribution in [0.2, 0.25) is 0 Å². The Morgan fingerprint density at radius 3 is 1.10 bits per heavy atom. The SMILES string of the molecule is Oc1c(CS[C@H]2CCCCCC[C@@H]2SCc2cc(-c3ccccc3)cc(-c3ccccc3)c2O)cc(-c2ccccc2)cc1-c1ccccc1. The molecule has 0 bridgehead atoms. The summed E-state index contributed by atoms with van der Waals surface area (Å²) >= 11 is 4.00. The fourth-order valence-electron chi connectivity index (χ4n) is 7.07. The Morgan fingerprint density at radius 1 is 0.400 bits per heavy atom. The van der Waals surface area contributed by atoms with E-state index < -0.39 is 0 Å². The van der Waals surface area contributed by atoms with E-state index in [1.807, 2.05) is 72.1 Å². The third-order valence-electron chi connectivity index (χ3n) is 9.81. The van der Waals surface area contributed by atoms with Gasteiger partial charge in [-0.3, -0.25) is 0 Å². The van der Waals surface area contributed by atoms with Gasteiger partial charge in [-0.25, -0.2) is 0 Å². The number of phenols is 2. The Morgan fingerprint density at radius 2 is 0.740 bits per heavy atom. The van der Waals surface area contributed by atoms with Crippen LogP contribution in [0.4, 0.5) is 0 Å². The number of hydrogen-bond acceptors (Lipinski definition) is 4. The van der Waals surface area contributed by atoms with Gasteiger partial charge in [-0.2, -0.15) is 23.5 Å². The number of thioether (sulfide) groups is 2. The molecule has 0 saturated heterocycles. The van der Waals surface area contributed by atoms with Crippen molar-refractivity contribution in [3.8, 4) is 56.0 Å². The Hall–Kier alpha value is -4.38. The molecule has 7 rings (SSSR count). The van der Waals surface area contributed by atoms with E-state index in [-0.39, 0.29) is 0 Å². The third-order valence-corrected chi connectivity index (χ3v) is 12.9. The molecule has 0 spiro atoms. The molecule has 2 N–H and O–H groups in total. The predicted octanol–water partition coefficient (Wildman–Crippen LogP) is 13.0. The first-order valence-corrected chi connectivity index (χ1v) is 19.9. The minimum atomic E-state index is 0.384. The smallest absolute Gasteiger partial charge is 0.127 e. The lowest BCUT2D eigenvalue weighted by Crippen LogP contribution is -2.22. The molecule has 252 valence electrons. The molecule has 2 atom stereocenters. The second kappa shape index (κ2) is 16.6. The zero-order chi connectivity index (χ0) is 34.1. The summed E-state index contributed by atoms with van der Waals surface area (Å²) < 4.78 is 0. The lowest BCUT2D eigenvalue weighted by molar-refractivity contribution is 0.472. The second-order valence-electron chi connectivity index (χ2n) is 13.2. The van der Waals surface area contributed by atoms with Crippen LogP contribution in [0.25, 0.3) is 44.5 Å². The van der Waals surface area contributed by atoms with E-state index in [2.05, 4.69) is 97.1 Å². The summed E-state index contributed by atoms with van der Waals surface area (Å²) in [5, 5.41) is 24.3. The van der Waals surface area contributed by atoms with Crippen molar-refractivity contribution >= 4 is 23.5 Å². The zero-order valence-electron chi connectivity index (χ0n) is 28.4. The molecule has 1 aliphatic rings. The van der Waals surface area contributed by atoms with Gasteiger partial charge in [0.15, 0.2) is 0 Å². The van der Waals surface area contributed by atoms with Gasteiger partial charge in [0.05, 0.1) is 0 Å². The van der Waals surface area contributed by atoms with Crippen LogP contribution in [0.1, 0.15) is 49.7 Å². The zero-order valence-corrected chi connectivity index (χ0v) is 30.0. The fourth-order valence-corrected chi connectivity index (χ4v) is 10.1. The Bertz CT molecular complexity index is 1830. The second-order valence-corrected chi connectivity index (χ2v) is 15.7. The van der Waals surface area contributed by atoms with Crippen LogP contribution in [0.3, 0.4) is 0 Å². The largest absolute Gasteiger partial charge is 0.507 e. The molecule has 50 heavy (non-hydrogen) atoms. The first kappa shape index (κ1) is 34.1. The van der Waals surface area contributed by atoms with E-state index in [1.165, 1.54) is 25.7 Å². The fraction of sp³-hybridized carbons (Fsp3) is 0.217. The molecule has 0 aromatic heterocycles. The molecule has 4 heteroatoms. The van der Waals surface area contributed by atoms with Gasteiger partial charge >= 0.3 is 0 Å². The molecule has 0 unspecified atom stereocenters. The van der Waals surface area contributed by atoms with Crippen molar-refractivity contribution in [2.24, 2.45) is 0 Å². The van der Waals surface area contributed by atoms with E-state index in [1.54, 1.807) is 0 Å². The molecule has 2 nitrogen and oxygen atoms in total. The van der Waals surface area contributed by atoms with Crippen LogP contribution in [0, 0.1) is 0 Å². The van der Waals surface area contributed by atoms with E-state index in [0.29, 0.717) is 22.0 Å². The topological polar surface area (TPSA) is 40.5 Å². The summed E-state index contributed by atoms with van der Waals surface area (Å²) in [5.74, 6) is 2.27. The number of rotatable bonds is 10. The summed E-state index contributed by atoms with van der Waals surface area (Å²) in [6.07, 6.45) is 7.35. The van der Waals surface area contributed by atoms with Crippen molar-refractivity contribution in [3.05, 3.63) is 157 Å². The monoisotopic (exact) mass is 692 g/mol. The summed E-state index contributed by atoms with van der Waals surface area (Å²) in [6.45, 7) is 0. The molecular weight excluding hydrogens is 649 g/mol. The standard InChI is InChI=1S/C46H44O2S2/c47-45-39(27-37(33-17-7-3-8-18-33)29-41(45)35-21-11-5-12-22-35)31-49-43-25-15-1-2-16-26-44(43)50-32-40-28-38(34-19-9-4-10-20-34)30-42(46(40)48)36-23-13-6-14-24-36/h3-14,17-24,27-30,43-44,47-48H,1-2,15-16,25-26,31-32H2/t43-,44-/m0/s1. The van der Waals surface area contributed by atoms with Gasteiger partial charge in [0, 0.05) is 44.3 Å². The van der Waals surface area contributed by atoms with E-state index in [0.717, 1.165) is 80.0 Å². The van der Waals surface area contributed by atoms with Crippen LogP contribution >= 0.6 is 23.5 Å². The molecule has 0 amide bonds. The van der Waals surface area contributed by atoms with Gasteiger partial charge in [0.1, 0.15) is 11.5 Å². The average molecular weight is 693 g/mol. The number of benzene rings is 6. The Kier molecular flexibility index (Phi) is 11.3. The van der Waals surface area contributed by atoms with Gasteiger partial charge in [0.25, 0.3) is 0 Å². The highest BCUT2D eigenvalue weighted by Gasteiger charge is 2.26. The Balaban J connectivity index is 1.16. The third kappa shape index (κ3) is 8.15. The van der Waals surface area contributed by atoms with E-state index >= 15 is 0 Å². The lowest BCUT2D eigenvalue weighted by atomic mass is 9.95. The van der Waals surface area contributed by atoms with Gasteiger partial charge in [-0.15, -0.1) is 0 Å². The quantitative estimate of drug-likeness (QED) is 0.150. The lowest BCUT2D eigenvalue weighted by Gasteiger charge is -2.29. The molecule has 6 aromatic rings. The number of phenolic OH excluding ortho intramolecular Hbond substituents is 2. The molecule has 0 aliphatic heterocycles. The summed E-state index contributed by atoms with van der Waals surface area (Å²) in [5.41, 5.74) is 10.4. The average Bonchev–Trinajstić information content (AvgIpc) is 3.16.